The molecule has 0 amide bonds. The monoisotopic (exact) mass is 978 g/mol. The lowest BCUT2D eigenvalue weighted by molar-refractivity contribution is 0.0979. The number of anilines is 2. The maximum absolute atomic E-state index is 11.9. The molecule has 2 heterocycles. The highest BCUT2D eigenvalue weighted by molar-refractivity contribution is 14.1. The molecule has 0 saturated carbocycles. The molecule has 41 heavy (non-hydrogen) atoms. The number of nitrogen functional groups attached to an aromatic ring is 1. The number of nitrogens with one attached hydrogen (secondary N) is 1. The zero-order valence-corrected chi connectivity index (χ0v) is 31.6. The maximum atomic E-state index is 11.9. The van der Waals surface area contributed by atoms with Crippen molar-refractivity contribution in [3.63, 3.8) is 0 Å². The number of benzene rings is 2. The minimum atomic E-state index is -3.38. The van der Waals surface area contributed by atoms with Gasteiger partial charge in [-0.05, 0) is 44.0 Å². The van der Waals surface area contributed by atoms with E-state index in [-0.39, 0.29) is 11.6 Å². The second-order valence-corrected chi connectivity index (χ2v) is 16.8. The highest BCUT2D eigenvalue weighted by Gasteiger charge is 2.21. The molecule has 0 aliphatic heterocycles. The Balaban J connectivity index is 0.000000251. The van der Waals surface area contributed by atoms with Gasteiger partial charge >= 0.3 is 0 Å². The summed E-state index contributed by atoms with van der Waals surface area (Å²) in [4.78, 5) is 23.7. The number of nitrogens with two attached hydrogens (primary N) is 1. The molecule has 10 nitrogen and oxygen atoms in total. The number of sulfonamides is 1. The molecule has 0 spiro atoms. The predicted octanol–water partition coefficient (Wildman–Crippen LogP) is 7.92. The molecule has 2 aromatic heterocycles. The summed E-state index contributed by atoms with van der Waals surface area (Å²) in [6.07, 6.45) is 2.84. The van der Waals surface area contributed by atoms with Crippen LogP contribution in [0.1, 0.15) is 47.4 Å². The maximum Gasteiger partial charge on any atom is 0.229 e. The third kappa shape index (κ3) is 10.3. The van der Waals surface area contributed by atoms with Gasteiger partial charge in [-0.2, -0.15) is 0 Å². The second kappa shape index (κ2) is 14.7. The van der Waals surface area contributed by atoms with Crippen LogP contribution in [0.3, 0.4) is 0 Å². The van der Waals surface area contributed by atoms with Gasteiger partial charge in [0.25, 0.3) is 0 Å². The Morgan fingerprint density at radius 2 is 1.24 bits per heavy atom. The molecule has 224 valence electrons. The lowest BCUT2D eigenvalue weighted by Crippen LogP contribution is -2.09. The molecule has 4 aromatic rings. The number of halogens is 5. The van der Waals surface area contributed by atoms with E-state index in [1.165, 1.54) is 0 Å². The van der Waals surface area contributed by atoms with E-state index in [1.807, 2.05) is 58.2 Å². The van der Waals surface area contributed by atoms with Gasteiger partial charge in [-0.25, -0.2) is 16.8 Å². The Morgan fingerprint density at radius 1 is 0.854 bits per heavy atom. The molecule has 0 saturated heterocycles. The van der Waals surface area contributed by atoms with Crippen molar-refractivity contribution in [1.82, 2.24) is 0 Å². The van der Waals surface area contributed by atoms with Crippen LogP contribution in [0.4, 0.5) is 11.4 Å². The van der Waals surface area contributed by atoms with Crippen molar-refractivity contribution in [3.8, 4) is 0 Å². The van der Waals surface area contributed by atoms with Crippen molar-refractivity contribution in [2.45, 2.75) is 26.7 Å². The van der Waals surface area contributed by atoms with Crippen LogP contribution in [0.2, 0.25) is 0 Å². The Morgan fingerprint density at radius 3 is 1.63 bits per heavy atom. The molecule has 0 fully saturated rings. The van der Waals surface area contributed by atoms with E-state index in [0.717, 1.165) is 22.4 Å². The van der Waals surface area contributed by atoms with Crippen LogP contribution in [0.15, 0.2) is 42.0 Å². The van der Waals surface area contributed by atoms with E-state index < -0.39 is 19.1 Å². The Kier molecular flexibility index (Phi) is 13.0. The van der Waals surface area contributed by atoms with E-state index in [4.69, 9.17) is 14.6 Å². The smallest absolute Gasteiger partial charge is 0.229 e. The molecule has 0 bridgehead atoms. The average molecular weight is 981 g/mol. The Bertz CT molecular complexity index is 1850. The molecule has 17 heteroatoms. The number of hydrogen-bond donors (Lipinski definition) is 2. The molecule has 0 unspecified atom stereocenters. The molecule has 0 aliphatic rings. The number of fused-ring (bicyclic) bond motifs is 2. The van der Waals surface area contributed by atoms with Crippen LogP contribution in [-0.2, 0) is 19.1 Å². The molecule has 0 atom stereocenters. The first kappa shape index (κ1) is 36.3. The van der Waals surface area contributed by atoms with E-state index >= 15 is 0 Å². The standard InChI is InChI=1S/C12H11BrINO4S.C11H9BrINO2.CH3ClO2S/c1-3-9(16)11-6-4-7(13)8(15-20(2,17)18)5-10(6)19-12(11)14;1-2-8(15)10-5-3-6(12)7(14)4-9(5)16-11(10)13;1-5(2,3)4/h4-5,15H,3H2,1-2H3;3-4H,2,14H2,1H3;1H3. The van der Waals surface area contributed by atoms with Crippen LogP contribution in [0.25, 0.3) is 21.9 Å². The fourth-order valence-electron chi connectivity index (χ4n) is 3.34. The summed E-state index contributed by atoms with van der Waals surface area (Å²) in [7, 11) is -2.08. The molecule has 0 aliphatic carbocycles. The molecule has 4 rings (SSSR count). The number of Topliss-reactive ketones (excluding diaryl/α,β-unsaturated/α-hetero) is 2. The quantitative estimate of drug-likeness (QED) is 0.0845. The largest absolute Gasteiger partial charge is 0.449 e. The molecule has 2 aromatic carbocycles. The zero-order chi connectivity index (χ0) is 31.4. The van der Waals surface area contributed by atoms with Crippen molar-refractivity contribution in [1.29, 1.82) is 0 Å². The first-order valence-corrected chi connectivity index (χ1v) is 19.6. The summed E-state index contributed by atoms with van der Waals surface area (Å²) < 4.78 is 57.3. The van der Waals surface area contributed by atoms with Gasteiger partial charge in [0.05, 0.1) is 29.3 Å². The van der Waals surface area contributed by atoms with E-state index in [9.17, 15) is 26.4 Å². The first-order chi connectivity index (χ1) is 18.8. The van der Waals surface area contributed by atoms with Gasteiger partial charge < -0.3 is 14.6 Å². The summed E-state index contributed by atoms with van der Waals surface area (Å²) >= 11 is 10.6. The van der Waals surface area contributed by atoms with Gasteiger partial charge in [-0.15, -0.1) is 0 Å². The number of furan rings is 2. The van der Waals surface area contributed by atoms with Gasteiger partial charge in [0.15, 0.2) is 19.1 Å². The number of carbonyl (C=O) groups is 2. The van der Waals surface area contributed by atoms with Crippen molar-refractivity contribution >= 4 is 152 Å². The summed E-state index contributed by atoms with van der Waals surface area (Å²) in [6, 6.07) is 6.82. The molecular weight excluding hydrogens is 957 g/mol. The van der Waals surface area contributed by atoms with E-state index in [0.29, 0.717) is 63.9 Å². The van der Waals surface area contributed by atoms with E-state index in [1.54, 1.807) is 25.1 Å². The van der Waals surface area contributed by atoms with Crippen LogP contribution in [0.5, 0.6) is 0 Å². The van der Waals surface area contributed by atoms with Gasteiger partial charge in [-0.3, -0.25) is 14.3 Å². The van der Waals surface area contributed by atoms with Crippen LogP contribution < -0.4 is 10.5 Å². The number of carbonyl (C=O) groups excluding carboxylic acids is 2. The fourth-order valence-corrected chi connectivity index (χ4v) is 6.48. The van der Waals surface area contributed by atoms with Crippen molar-refractivity contribution < 1.29 is 35.3 Å². The minimum Gasteiger partial charge on any atom is -0.449 e. The molecule has 3 N–H and O–H groups in total. The Labute approximate surface area is 285 Å². The van der Waals surface area contributed by atoms with Crippen LogP contribution in [-0.4, -0.2) is 40.9 Å². The third-order valence-corrected chi connectivity index (χ3v) is 8.45. The van der Waals surface area contributed by atoms with Crippen molar-refractivity contribution in [2.75, 3.05) is 23.0 Å². The van der Waals surface area contributed by atoms with Crippen molar-refractivity contribution in [2.24, 2.45) is 0 Å². The van der Waals surface area contributed by atoms with Crippen LogP contribution in [0, 0.1) is 7.53 Å². The number of ketones is 2. The van der Waals surface area contributed by atoms with Gasteiger partial charge in [0.1, 0.15) is 11.2 Å². The third-order valence-electron chi connectivity index (χ3n) is 4.99. The normalized spacial score (nSPS) is 11.4. The second-order valence-electron chi connectivity index (χ2n) is 8.31. The summed E-state index contributed by atoms with van der Waals surface area (Å²) in [5.74, 6) is 0.0729. The van der Waals surface area contributed by atoms with Gasteiger partial charge in [0, 0.05) is 106 Å². The molecule has 0 radical (unpaired) electrons. The molecular formula is C24H23Br2ClI2N2O8S2. The SMILES string of the molecule is CCC(=O)c1c(I)oc2cc(N)c(Br)cc12.CCC(=O)c1c(I)oc2cc(NS(C)(=O)=O)c(Br)cc12.CS(=O)(=O)Cl. The highest BCUT2D eigenvalue weighted by Crippen LogP contribution is 2.36. The van der Waals surface area contributed by atoms with Gasteiger partial charge in [-0.1, -0.05) is 13.8 Å². The van der Waals surface area contributed by atoms with Crippen LogP contribution >= 0.6 is 87.7 Å². The Hall–Kier alpha value is -0.930. The topological polar surface area (TPSA) is 167 Å². The lowest BCUT2D eigenvalue weighted by Gasteiger charge is -2.06. The van der Waals surface area contributed by atoms with Gasteiger partial charge in [0.2, 0.25) is 19.1 Å². The minimum absolute atomic E-state index is 0.0103. The summed E-state index contributed by atoms with van der Waals surface area (Å²) in [6.45, 7) is 3.62. The van der Waals surface area contributed by atoms with Crippen molar-refractivity contribution in [3.05, 3.63) is 51.9 Å². The average Bonchev–Trinajstić information content (AvgIpc) is 3.31. The fraction of sp³-hybridized carbons (Fsp3) is 0.250. The lowest BCUT2D eigenvalue weighted by atomic mass is 10.1. The summed E-state index contributed by atoms with van der Waals surface area (Å²) in [5.41, 5.74) is 9.06. The first-order valence-electron chi connectivity index (χ1n) is 11.3. The summed E-state index contributed by atoms with van der Waals surface area (Å²) in [5, 5.41) is 1.49. The zero-order valence-electron chi connectivity index (χ0n) is 21.8. The number of rotatable bonds is 6. The highest BCUT2D eigenvalue weighted by atomic mass is 127. The predicted molar refractivity (Wildman–Crippen MR) is 186 cm³/mol. The number of hydrogen-bond acceptors (Lipinski definition) is 9. The van der Waals surface area contributed by atoms with E-state index in [2.05, 4.69) is 47.3 Å².